The summed E-state index contributed by atoms with van der Waals surface area (Å²) in [6, 6.07) is 12.8. The zero-order valence-corrected chi connectivity index (χ0v) is 16.9. The number of hydrogen-bond donors (Lipinski definition) is 2. The van der Waals surface area contributed by atoms with E-state index in [1.54, 1.807) is 48.5 Å². The number of nitrogens with one attached hydrogen (secondary N) is 1. The Bertz CT molecular complexity index is 1010. The van der Waals surface area contributed by atoms with Crippen molar-refractivity contribution in [3.63, 3.8) is 0 Å². The molecular weight excluding hydrogens is 423 g/mol. The maximum Gasteiger partial charge on any atom is 0.252 e. The lowest BCUT2D eigenvalue weighted by molar-refractivity contribution is 0.0941. The van der Waals surface area contributed by atoms with E-state index in [-0.39, 0.29) is 27.4 Å². The Labute approximate surface area is 176 Å². The number of aromatic hydroxyl groups is 1. The molecule has 5 nitrogen and oxygen atoms in total. The van der Waals surface area contributed by atoms with E-state index >= 15 is 0 Å². The minimum Gasteiger partial charge on any atom is -0.504 e. The van der Waals surface area contributed by atoms with Gasteiger partial charge in [-0.3, -0.25) is 9.78 Å². The second-order valence-corrected chi connectivity index (χ2v) is 6.98. The van der Waals surface area contributed by atoms with Gasteiger partial charge in [0.15, 0.2) is 5.75 Å². The van der Waals surface area contributed by atoms with E-state index in [1.807, 2.05) is 0 Å². The number of carbonyl (C=O) groups excluding carboxylic acids is 1. The van der Waals surface area contributed by atoms with Gasteiger partial charge >= 0.3 is 0 Å². The predicted octanol–water partition coefficient (Wildman–Crippen LogP) is 5.28. The summed E-state index contributed by atoms with van der Waals surface area (Å²) in [6.45, 7) is 0. The lowest BCUT2D eigenvalue weighted by atomic mass is 10.0. The van der Waals surface area contributed by atoms with Crippen LogP contribution in [0.1, 0.15) is 27.7 Å². The molecule has 0 fully saturated rings. The number of rotatable bonds is 5. The Hall–Kier alpha value is -2.47. The van der Waals surface area contributed by atoms with Gasteiger partial charge in [-0.25, -0.2) is 0 Å². The maximum absolute atomic E-state index is 12.8. The van der Waals surface area contributed by atoms with E-state index in [2.05, 4.69) is 10.3 Å². The van der Waals surface area contributed by atoms with Gasteiger partial charge in [-0.05, 0) is 18.2 Å². The molecule has 1 heterocycles. The molecule has 28 heavy (non-hydrogen) atoms. The molecule has 0 aliphatic carbocycles. The predicted molar refractivity (Wildman–Crippen MR) is 110 cm³/mol. The third-order valence-electron chi connectivity index (χ3n) is 4.07. The summed E-state index contributed by atoms with van der Waals surface area (Å²) in [6.07, 6.45) is 1.30. The van der Waals surface area contributed by atoms with Crippen molar-refractivity contribution in [1.29, 1.82) is 0 Å². The summed E-state index contributed by atoms with van der Waals surface area (Å²) in [4.78, 5) is 17.0. The fraction of sp³-hybridized carbons (Fsp3) is 0.100. The quantitative estimate of drug-likeness (QED) is 0.570. The number of methoxy groups -OCH3 is 1. The number of pyridine rings is 1. The zero-order chi connectivity index (χ0) is 20.3. The minimum absolute atomic E-state index is 0.0633. The Balaban J connectivity index is 2.14. The number of aromatic nitrogens is 1. The third-order valence-corrected chi connectivity index (χ3v) is 5.14. The lowest BCUT2D eigenvalue weighted by Gasteiger charge is -2.23. The normalized spacial score (nSPS) is 11.7. The number of nitrogens with zero attached hydrogens (tertiary/aromatic N) is 1. The summed E-state index contributed by atoms with van der Waals surface area (Å²) in [5.41, 5.74) is 1.05. The molecule has 1 atom stereocenters. The first-order chi connectivity index (χ1) is 13.4. The lowest BCUT2D eigenvalue weighted by Crippen LogP contribution is -2.30. The fourth-order valence-corrected chi connectivity index (χ4v) is 3.29. The van der Waals surface area contributed by atoms with Gasteiger partial charge in [-0.1, -0.05) is 65.1 Å². The Morgan fingerprint density at radius 2 is 1.79 bits per heavy atom. The fourth-order valence-electron chi connectivity index (χ4n) is 2.75. The average molecular weight is 438 g/mol. The molecule has 0 saturated carbocycles. The molecule has 0 aliphatic heterocycles. The van der Waals surface area contributed by atoms with Crippen LogP contribution < -0.4 is 10.1 Å². The van der Waals surface area contributed by atoms with E-state index < -0.39 is 6.04 Å². The van der Waals surface area contributed by atoms with Gasteiger partial charge in [0.05, 0.1) is 17.2 Å². The molecule has 1 aromatic heterocycles. The highest BCUT2D eigenvalue weighted by Crippen LogP contribution is 2.41. The highest BCUT2D eigenvalue weighted by molar-refractivity contribution is 6.42. The van der Waals surface area contributed by atoms with E-state index in [9.17, 15) is 9.90 Å². The molecule has 1 unspecified atom stereocenters. The molecule has 2 N–H and O–H groups in total. The van der Waals surface area contributed by atoms with Crippen LogP contribution in [0.4, 0.5) is 0 Å². The molecule has 0 radical (unpaired) electrons. The number of hydrogen-bond acceptors (Lipinski definition) is 4. The van der Waals surface area contributed by atoms with E-state index in [0.29, 0.717) is 21.9 Å². The first-order valence-electron chi connectivity index (χ1n) is 8.15. The minimum atomic E-state index is -0.892. The van der Waals surface area contributed by atoms with Gasteiger partial charge in [0, 0.05) is 17.3 Å². The van der Waals surface area contributed by atoms with Gasteiger partial charge in [0.2, 0.25) is 0 Å². The van der Waals surface area contributed by atoms with Gasteiger partial charge in [-0.15, -0.1) is 0 Å². The van der Waals surface area contributed by atoms with Crippen LogP contribution in [-0.2, 0) is 0 Å². The number of carbonyl (C=O) groups is 1. The monoisotopic (exact) mass is 436 g/mol. The molecular formula is C20H15Cl3N2O3. The second kappa shape index (κ2) is 8.69. The molecule has 0 bridgehead atoms. The van der Waals surface area contributed by atoms with E-state index in [0.717, 1.165) is 0 Å². The smallest absolute Gasteiger partial charge is 0.252 e. The van der Waals surface area contributed by atoms with Crippen molar-refractivity contribution in [3.8, 4) is 11.5 Å². The van der Waals surface area contributed by atoms with Crippen molar-refractivity contribution < 1.29 is 14.6 Å². The van der Waals surface area contributed by atoms with Crippen molar-refractivity contribution in [2.75, 3.05) is 7.11 Å². The van der Waals surface area contributed by atoms with Crippen molar-refractivity contribution in [1.82, 2.24) is 10.3 Å². The molecule has 144 valence electrons. The molecule has 3 rings (SSSR count). The van der Waals surface area contributed by atoms with Crippen molar-refractivity contribution in [2.24, 2.45) is 0 Å². The SMILES string of the molecule is COc1c(Cl)cccc1C(NC(=O)c1ccccc1)c1ncc(Cl)c(Cl)c1O. The molecule has 0 saturated heterocycles. The third kappa shape index (κ3) is 4.02. The summed E-state index contributed by atoms with van der Waals surface area (Å²) in [5, 5.41) is 13.8. The number of para-hydroxylation sites is 1. The molecule has 0 aliphatic rings. The van der Waals surface area contributed by atoms with Crippen molar-refractivity contribution in [3.05, 3.63) is 86.6 Å². The Morgan fingerprint density at radius 3 is 2.46 bits per heavy atom. The first-order valence-corrected chi connectivity index (χ1v) is 9.28. The Morgan fingerprint density at radius 1 is 1.07 bits per heavy atom. The highest BCUT2D eigenvalue weighted by atomic mass is 35.5. The summed E-state index contributed by atoms with van der Waals surface area (Å²) < 4.78 is 5.41. The van der Waals surface area contributed by atoms with Crippen molar-refractivity contribution >= 4 is 40.7 Å². The van der Waals surface area contributed by atoms with Crippen LogP contribution in [0.3, 0.4) is 0 Å². The standard InChI is InChI=1S/C20H15Cl3N2O3/c1-28-19-12(8-5-9-13(19)21)16(17-18(26)15(23)14(22)10-24-17)25-20(27)11-6-3-2-4-7-11/h2-10,16,26H,1H3,(H,25,27). The van der Waals surface area contributed by atoms with Gasteiger partial charge in [-0.2, -0.15) is 0 Å². The van der Waals surface area contributed by atoms with Crippen LogP contribution in [0.2, 0.25) is 15.1 Å². The van der Waals surface area contributed by atoms with Crippen LogP contribution in [0.25, 0.3) is 0 Å². The molecule has 1 amide bonds. The largest absolute Gasteiger partial charge is 0.504 e. The van der Waals surface area contributed by atoms with E-state index in [4.69, 9.17) is 39.5 Å². The molecule has 2 aromatic carbocycles. The van der Waals surface area contributed by atoms with Crippen LogP contribution >= 0.6 is 34.8 Å². The van der Waals surface area contributed by atoms with Gasteiger partial charge in [0.25, 0.3) is 5.91 Å². The molecule has 0 spiro atoms. The van der Waals surface area contributed by atoms with Gasteiger partial charge in [0.1, 0.15) is 22.5 Å². The van der Waals surface area contributed by atoms with Crippen LogP contribution in [0.5, 0.6) is 11.5 Å². The maximum atomic E-state index is 12.8. The highest BCUT2D eigenvalue weighted by Gasteiger charge is 2.27. The Kier molecular flexibility index (Phi) is 6.29. The first kappa shape index (κ1) is 20.3. The van der Waals surface area contributed by atoms with Gasteiger partial charge < -0.3 is 15.2 Å². The molecule has 3 aromatic rings. The average Bonchev–Trinajstić information content (AvgIpc) is 2.71. The number of amides is 1. The number of ether oxygens (including phenoxy) is 1. The van der Waals surface area contributed by atoms with Crippen LogP contribution in [-0.4, -0.2) is 23.1 Å². The van der Waals surface area contributed by atoms with E-state index in [1.165, 1.54) is 13.3 Å². The number of halogens is 3. The van der Waals surface area contributed by atoms with Crippen molar-refractivity contribution in [2.45, 2.75) is 6.04 Å². The topological polar surface area (TPSA) is 71.5 Å². The molecule has 8 heteroatoms. The summed E-state index contributed by atoms with van der Waals surface area (Å²) in [5.74, 6) is -0.371. The second-order valence-electron chi connectivity index (χ2n) is 5.79. The van der Waals surface area contributed by atoms with Crippen LogP contribution in [0.15, 0.2) is 54.7 Å². The summed E-state index contributed by atoms with van der Waals surface area (Å²) >= 11 is 18.3. The van der Waals surface area contributed by atoms with Crippen LogP contribution in [0, 0.1) is 0 Å². The summed E-state index contributed by atoms with van der Waals surface area (Å²) in [7, 11) is 1.46. The zero-order valence-electron chi connectivity index (χ0n) is 14.6. The number of benzene rings is 2.